The molecule has 0 spiro atoms. The van der Waals surface area contributed by atoms with Crippen LogP contribution < -0.4 is 15.1 Å². The van der Waals surface area contributed by atoms with E-state index >= 15 is 0 Å². The van der Waals surface area contributed by atoms with Gasteiger partial charge in [-0.2, -0.15) is 0 Å². The Hall–Kier alpha value is -2.49. The fourth-order valence-corrected chi connectivity index (χ4v) is 5.17. The van der Waals surface area contributed by atoms with Gasteiger partial charge in [-0.05, 0) is 37.7 Å². The quantitative estimate of drug-likeness (QED) is 0.592. The van der Waals surface area contributed by atoms with E-state index in [0.29, 0.717) is 36.2 Å². The Kier molecular flexibility index (Phi) is 6.12. The van der Waals surface area contributed by atoms with Gasteiger partial charge in [-0.25, -0.2) is 19.3 Å². The summed E-state index contributed by atoms with van der Waals surface area (Å²) in [4.78, 5) is 20.9. The molecular formula is C22H25ClFN7S. The first-order chi connectivity index (χ1) is 15.5. The van der Waals surface area contributed by atoms with Gasteiger partial charge in [-0.1, -0.05) is 22.9 Å². The molecule has 2 aliphatic rings. The van der Waals surface area contributed by atoms with E-state index < -0.39 is 6.17 Å². The van der Waals surface area contributed by atoms with E-state index in [0.717, 1.165) is 41.9 Å². The summed E-state index contributed by atoms with van der Waals surface area (Å²) in [5, 5.41) is 4.52. The van der Waals surface area contributed by atoms with Crippen LogP contribution in [0.25, 0.3) is 10.6 Å². The molecule has 4 heterocycles. The van der Waals surface area contributed by atoms with E-state index in [1.54, 1.807) is 12.4 Å². The van der Waals surface area contributed by atoms with E-state index in [1.165, 1.54) is 17.0 Å². The molecule has 10 heteroatoms. The Bertz CT molecular complexity index is 1070. The first kappa shape index (κ1) is 21.4. The predicted molar refractivity (Wildman–Crippen MR) is 129 cm³/mol. The zero-order chi connectivity index (χ0) is 22.1. The van der Waals surface area contributed by atoms with Crippen molar-refractivity contribution in [1.29, 1.82) is 0 Å². The van der Waals surface area contributed by atoms with Crippen molar-refractivity contribution in [2.24, 2.45) is 0 Å². The monoisotopic (exact) mass is 473 g/mol. The summed E-state index contributed by atoms with van der Waals surface area (Å²) in [6, 6.07) is 8.32. The third-order valence-corrected chi connectivity index (χ3v) is 7.21. The number of likely N-dealkylation sites (N-methyl/N-ethyl adjacent to an activating group) is 1. The Morgan fingerprint density at radius 3 is 2.53 bits per heavy atom. The summed E-state index contributed by atoms with van der Waals surface area (Å²) in [6.45, 7) is 5.30. The molecule has 2 saturated heterocycles. The highest BCUT2D eigenvalue weighted by atomic mass is 35.5. The highest BCUT2D eigenvalue weighted by Gasteiger charge is 2.24. The summed E-state index contributed by atoms with van der Waals surface area (Å²) < 4.78 is 13.5. The average molecular weight is 474 g/mol. The number of hydrogen-bond acceptors (Lipinski definition) is 8. The number of piperazine rings is 1. The van der Waals surface area contributed by atoms with Crippen molar-refractivity contribution in [3.63, 3.8) is 0 Å². The molecule has 1 aromatic carbocycles. The lowest BCUT2D eigenvalue weighted by Crippen LogP contribution is -2.44. The third-order valence-electron chi connectivity index (χ3n) is 5.86. The molecule has 5 rings (SSSR count). The van der Waals surface area contributed by atoms with Crippen molar-refractivity contribution in [1.82, 2.24) is 19.9 Å². The van der Waals surface area contributed by atoms with Crippen molar-refractivity contribution in [2.45, 2.75) is 12.6 Å². The number of aromatic nitrogens is 3. The number of nitrogens with one attached hydrogen (secondary N) is 1. The second-order valence-corrected chi connectivity index (χ2v) is 9.61. The second-order valence-electron chi connectivity index (χ2n) is 8.19. The minimum absolute atomic E-state index is 0.390. The van der Waals surface area contributed by atoms with Crippen LogP contribution in [0.3, 0.4) is 0 Å². The van der Waals surface area contributed by atoms with Crippen molar-refractivity contribution in [2.75, 3.05) is 61.4 Å². The highest BCUT2D eigenvalue weighted by molar-refractivity contribution is 7.18. The number of hydrogen-bond donors (Lipinski definition) is 1. The van der Waals surface area contributed by atoms with Gasteiger partial charge < -0.3 is 20.0 Å². The zero-order valence-electron chi connectivity index (χ0n) is 17.8. The molecule has 0 radical (unpaired) electrons. The van der Waals surface area contributed by atoms with Crippen LogP contribution in [0.1, 0.15) is 6.42 Å². The molecular weight excluding hydrogens is 449 g/mol. The van der Waals surface area contributed by atoms with Crippen LogP contribution >= 0.6 is 22.9 Å². The van der Waals surface area contributed by atoms with E-state index in [-0.39, 0.29) is 0 Å². The van der Waals surface area contributed by atoms with Crippen molar-refractivity contribution in [3.05, 3.63) is 41.7 Å². The van der Waals surface area contributed by atoms with E-state index in [1.807, 2.05) is 17.0 Å². The van der Waals surface area contributed by atoms with Crippen LogP contribution in [0.15, 0.2) is 36.7 Å². The number of thiazole rings is 1. The van der Waals surface area contributed by atoms with Gasteiger partial charge >= 0.3 is 0 Å². The zero-order valence-corrected chi connectivity index (χ0v) is 19.4. The number of anilines is 4. The molecule has 1 N–H and O–H groups in total. The molecule has 2 aromatic heterocycles. The van der Waals surface area contributed by atoms with Crippen LogP contribution in [-0.2, 0) is 0 Å². The fourth-order valence-electron chi connectivity index (χ4n) is 3.96. The van der Waals surface area contributed by atoms with Gasteiger partial charge in [-0.15, -0.1) is 0 Å². The van der Waals surface area contributed by atoms with Gasteiger partial charge in [0, 0.05) is 50.3 Å². The number of alkyl halides is 1. The predicted octanol–water partition coefficient (Wildman–Crippen LogP) is 4.30. The molecule has 168 valence electrons. The van der Waals surface area contributed by atoms with Crippen LogP contribution in [0.4, 0.5) is 26.8 Å². The molecule has 32 heavy (non-hydrogen) atoms. The summed E-state index contributed by atoms with van der Waals surface area (Å²) in [5.41, 5.74) is 2.75. The number of rotatable bonds is 5. The Morgan fingerprint density at radius 1 is 1.03 bits per heavy atom. The summed E-state index contributed by atoms with van der Waals surface area (Å²) in [6.07, 6.45) is 3.10. The second kappa shape index (κ2) is 9.17. The SMILES string of the molecule is CN1CCN(c2ccc(Nc3ncc(Cl)c(-c4cnc(N5CC[C@H](F)C5)s4)n3)cc2)CC1. The lowest BCUT2D eigenvalue weighted by atomic mass is 10.2. The van der Waals surface area contributed by atoms with Crippen LogP contribution in [0.5, 0.6) is 0 Å². The van der Waals surface area contributed by atoms with Crippen molar-refractivity contribution >= 4 is 45.4 Å². The number of benzene rings is 1. The molecule has 0 unspecified atom stereocenters. The molecule has 0 aliphatic carbocycles. The minimum Gasteiger partial charge on any atom is -0.369 e. The van der Waals surface area contributed by atoms with Gasteiger partial charge in [0.05, 0.1) is 22.6 Å². The van der Waals surface area contributed by atoms with E-state index in [4.69, 9.17) is 11.6 Å². The summed E-state index contributed by atoms with van der Waals surface area (Å²) in [5.74, 6) is 0.469. The first-order valence-electron chi connectivity index (χ1n) is 10.7. The number of nitrogens with zero attached hydrogens (tertiary/aromatic N) is 6. The maximum atomic E-state index is 13.5. The van der Waals surface area contributed by atoms with Gasteiger partial charge in [0.15, 0.2) is 5.13 Å². The molecule has 1 atom stereocenters. The average Bonchev–Trinajstić information content (AvgIpc) is 3.45. The van der Waals surface area contributed by atoms with Gasteiger partial charge in [0.25, 0.3) is 0 Å². The molecule has 0 bridgehead atoms. The van der Waals surface area contributed by atoms with E-state index in [9.17, 15) is 4.39 Å². The largest absolute Gasteiger partial charge is 0.369 e. The van der Waals surface area contributed by atoms with Gasteiger partial charge in [0.2, 0.25) is 5.95 Å². The van der Waals surface area contributed by atoms with Gasteiger partial charge in [-0.3, -0.25) is 0 Å². The van der Waals surface area contributed by atoms with Crippen LogP contribution in [0.2, 0.25) is 5.02 Å². The standard InChI is InChI=1S/C22H25ClFN7S/c1-29-8-10-30(11-9-29)17-4-2-16(3-5-17)27-21-25-12-18(23)20(28-21)19-13-26-22(32-19)31-7-6-15(24)14-31/h2-5,12-13,15H,6-11,14H2,1H3,(H,25,27,28)/t15-/m0/s1. The van der Waals surface area contributed by atoms with Gasteiger partial charge in [0.1, 0.15) is 11.9 Å². The lowest BCUT2D eigenvalue weighted by molar-refractivity contribution is 0.313. The highest BCUT2D eigenvalue weighted by Crippen LogP contribution is 2.35. The fraction of sp³-hybridized carbons (Fsp3) is 0.409. The van der Waals surface area contributed by atoms with Crippen molar-refractivity contribution < 1.29 is 4.39 Å². The Balaban J connectivity index is 1.29. The van der Waals surface area contributed by atoms with Crippen molar-refractivity contribution in [3.8, 4) is 10.6 Å². The lowest BCUT2D eigenvalue weighted by Gasteiger charge is -2.34. The molecule has 2 aliphatic heterocycles. The Morgan fingerprint density at radius 2 is 1.81 bits per heavy atom. The minimum atomic E-state index is -0.788. The maximum absolute atomic E-state index is 13.5. The molecule has 0 saturated carbocycles. The maximum Gasteiger partial charge on any atom is 0.227 e. The topological polar surface area (TPSA) is 60.4 Å². The molecule has 3 aromatic rings. The summed E-state index contributed by atoms with van der Waals surface area (Å²) in [7, 11) is 2.16. The van der Waals surface area contributed by atoms with Crippen LogP contribution in [0, 0.1) is 0 Å². The Labute approximate surface area is 195 Å². The van der Waals surface area contributed by atoms with E-state index in [2.05, 4.69) is 49.2 Å². The smallest absolute Gasteiger partial charge is 0.227 e. The summed E-state index contributed by atoms with van der Waals surface area (Å²) >= 11 is 7.86. The molecule has 7 nitrogen and oxygen atoms in total. The van der Waals surface area contributed by atoms with Crippen LogP contribution in [-0.4, -0.2) is 72.3 Å². The first-order valence-corrected chi connectivity index (χ1v) is 11.9. The molecule has 0 amide bonds. The normalized spacial score (nSPS) is 19.5. The number of halogens is 2. The molecule has 2 fully saturated rings. The third kappa shape index (κ3) is 4.65.